The van der Waals surface area contributed by atoms with E-state index in [0.29, 0.717) is 43.3 Å². The average molecular weight is 531 g/mol. The van der Waals surface area contributed by atoms with E-state index in [9.17, 15) is 22.0 Å². The normalized spacial score (nSPS) is 21.8. The fourth-order valence-electron chi connectivity index (χ4n) is 4.77. The summed E-state index contributed by atoms with van der Waals surface area (Å²) < 4.78 is 59.5. The SMILES string of the molecule is CN1c2nc(-c3ccc(N4CCN(C(=O)c5ccon5)CC4)cc3)ccc2N(CC2CC2(F)F)S1(=O)=O. The van der Waals surface area contributed by atoms with E-state index in [1.165, 1.54) is 13.3 Å². The van der Waals surface area contributed by atoms with Gasteiger partial charge in [-0.3, -0.25) is 4.79 Å². The standard InChI is InChI=1S/C24H24F2N6O4S/c1-29-22-21(32(37(29,34)35)15-17-14-24(17,25)26)7-6-19(27-22)16-2-4-18(5-3-16)30-9-11-31(12-10-30)23(33)20-8-13-36-28-20/h2-8,13,17H,9-12,14-15H2,1H3. The summed E-state index contributed by atoms with van der Waals surface area (Å²) in [5.74, 6) is -3.72. The number of aromatic nitrogens is 2. The number of carbonyl (C=O) groups excluding carboxylic acids is 1. The Bertz CT molecular complexity index is 1440. The molecule has 1 saturated carbocycles. The quantitative estimate of drug-likeness (QED) is 0.500. The second-order valence-corrected chi connectivity index (χ2v) is 11.3. The lowest BCUT2D eigenvalue weighted by Gasteiger charge is -2.35. The van der Waals surface area contributed by atoms with Crippen molar-refractivity contribution in [1.82, 2.24) is 15.0 Å². The molecule has 0 spiro atoms. The van der Waals surface area contributed by atoms with E-state index >= 15 is 0 Å². The lowest BCUT2D eigenvalue weighted by atomic mass is 10.1. The molecular formula is C24H24F2N6O4S. The van der Waals surface area contributed by atoms with Gasteiger partial charge in [-0.05, 0) is 24.3 Å². The highest BCUT2D eigenvalue weighted by molar-refractivity contribution is 7.94. The highest BCUT2D eigenvalue weighted by Crippen LogP contribution is 2.51. The zero-order valence-electron chi connectivity index (χ0n) is 19.9. The van der Waals surface area contributed by atoms with E-state index in [-0.39, 0.29) is 24.7 Å². The van der Waals surface area contributed by atoms with Crippen molar-refractivity contribution in [3.63, 3.8) is 0 Å². The Balaban J connectivity index is 1.16. The maximum absolute atomic E-state index is 13.5. The van der Waals surface area contributed by atoms with Gasteiger partial charge in [0.15, 0.2) is 11.5 Å². The lowest BCUT2D eigenvalue weighted by molar-refractivity contribution is 0.0736. The molecule has 1 unspecified atom stereocenters. The monoisotopic (exact) mass is 530 g/mol. The van der Waals surface area contributed by atoms with Crippen molar-refractivity contribution in [2.75, 3.05) is 53.3 Å². The molecule has 2 fully saturated rings. The molecule has 3 aromatic rings. The fraction of sp³-hybridized carbons (Fsp3) is 0.375. The summed E-state index contributed by atoms with van der Waals surface area (Å²) in [6.45, 7) is 2.19. The molecule has 0 radical (unpaired) electrons. The van der Waals surface area contributed by atoms with Crippen LogP contribution in [0.15, 0.2) is 53.3 Å². The van der Waals surface area contributed by atoms with Gasteiger partial charge in [0, 0.05) is 69.4 Å². The molecule has 37 heavy (non-hydrogen) atoms. The average Bonchev–Trinajstić information content (AvgIpc) is 3.22. The molecule has 13 heteroatoms. The number of rotatable bonds is 5. The molecule has 10 nitrogen and oxygen atoms in total. The Hall–Kier alpha value is -3.74. The second kappa shape index (κ2) is 8.40. The Kier molecular flexibility index (Phi) is 5.37. The van der Waals surface area contributed by atoms with Crippen molar-refractivity contribution in [2.45, 2.75) is 12.3 Å². The fourth-order valence-corrected chi connectivity index (χ4v) is 6.17. The van der Waals surface area contributed by atoms with Crippen LogP contribution < -0.4 is 13.5 Å². The van der Waals surface area contributed by atoms with Crippen molar-refractivity contribution in [3.8, 4) is 11.3 Å². The predicted octanol–water partition coefficient (Wildman–Crippen LogP) is 2.86. The summed E-state index contributed by atoms with van der Waals surface area (Å²) in [5.41, 5.74) is 2.98. The molecule has 1 saturated heterocycles. The number of halogens is 2. The molecule has 194 valence electrons. The number of alkyl halides is 2. The smallest absolute Gasteiger partial charge is 0.327 e. The van der Waals surface area contributed by atoms with Gasteiger partial charge in [-0.1, -0.05) is 17.3 Å². The van der Waals surface area contributed by atoms with Crippen LogP contribution in [0.25, 0.3) is 11.3 Å². The first-order valence-corrected chi connectivity index (χ1v) is 13.3. The zero-order chi connectivity index (χ0) is 25.9. The first-order chi connectivity index (χ1) is 17.6. The topological polar surface area (TPSA) is 103 Å². The number of nitrogens with zero attached hydrogens (tertiary/aromatic N) is 6. The minimum Gasteiger partial charge on any atom is -0.368 e. The van der Waals surface area contributed by atoms with Crippen molar-refractivity contribution < 1.29 is 26.5 Å². The first kappa shape index (κ1) is 23.6. The number of benzene rings is 1. The number of carbonyl (C=O) groups is 1. The van der Waals surface area contributed by atoms with Gasteiger partial charge in [-0.2, -0.15) is 8.42 Å². The van der Waals surface area contributed by atoms with Crippen LogP contribution in [-0.2, 0) is 10.2 Å². The Morgan fingerprint density at radius 3 is 2.41 bits per heavy atom. The van der Waals surface area contributed by atoms with Gasteiger partial charge in [0.05, 0.1) is 11.4 Å². The van der Waals surface area contributed by atoms with Crippen LogP contribution in [0.2, 0.25) is 0 Å². The van der Waals surface area contributed by atoms with Crippen molar-refractivity contribution in [2.24, 2.45) is 5.92 Å². The molecular weight excluding hydrogens is 506 g/mol. The minimum atomic E-state index is -3.95. The van der Waals surface area contributed by atoms with Crippen LogP contribution in [0.4, 0.5) is 26.0 Å². The van der Waals surface area contributed by atoms with Gasteiger partial charge < -0.3 is 14.3 Å². The first-order valence-electron chi connectivity index (χ1n) is 11.9. The summed E-state index contributed by atoms with van der Waals surface area (Å²) in [5, 5.41) is 3.71. The molecule has 0 bridgehead atoms. The lowest BCUT2D eigenvalue weighted by Crippen LogP contribution is -2.48. The van der Waals surface area contributed by atoms with E-state index in [1.807, 2.05) is 24.3 Å². The third kappa shape index (κ3) is 4.06. The summed E-state index contributed by atoms with van der Waals surface area (Å²) in [4.78, 5) is 20.9. The van der Waals surface area contributed by atoms with Gasteiger partial charge in [0.2, 0.25) is 0 Å². The molecule has 2 aromatic heterocycles. The van der Waals surface area contributed by atoms with Crippen LogP contribution in [0.1, 0.15) is 16.9 Å². The summed E-state index contributed by atoms with van der Waals surface area (Å²) in [6, 6.07) is 12.6. The zero-order valence-corrected chi connectivity index (χ0v) is 20.7. The van der Waals surface area contributed by atoms with Crippen LogP contribution >= 0.6 is 0 Å². The Morgan fingerprint density at radius 2 is 1.78 bits per heavy atom. The number of amides is 1. The highest BCUT2D eigenvalue weighted by Gasteiger charge is 2.59. The Morgan fingerprint density at radius 1 is 1.08 bits per heavy atom. The van der Waals surface area contributed by atoms with Crippen LogP contribution in [0.5, 0.6) is 0 Å². The molecule has 6 rings (SSSR count). The van der Waals surface area contributed by atoms with E-state index in [2.05, 4.69) is 15.0 Å². The number of piperazine rings is 1. The number of pyridine rings is 1. The molecule has 4 heterocycles. The molecule has 1 aliphatic carbocycles. The Labute approximate surface area is 212 Å². The third-order valence-electron chi connectivity index (χ3n) is 7.14. The van der Waals surface area contributed by atoms with E-state index in [0.717, 1.165) is 19.9 Å². The van der Waals surface area contributed by atoms with Crippen molar-refractivity contribution in [3.05, 3.63) is 54.4 Å². The van der Waals surface area contributed by atoms with Gasteiger partial charge >= 0.3 is 10.2 Å². The molecule has 1 amide bonds. The van der Waals surface area contributed by atoms with Crippen LogP contribution in [0, 0.1) is 5.92 Å². The van der Waals surface area contributed by atoms with Crippen LogP contribution in [0.3, 0.4) is 0 Å². The van der Waals surface area contributed by atoms with Crippen molar-refractivity contribution in [1.29, 1.82) is 0 Å². The maximum Gasteiger partial charge on any atom is 0.327 e. The van der Waals surface area contributed by atoms with Gasteiger partial charge in [-0.25, -0.2) is 22.4 Å². The number of hydrogen-bond acceptors (Lipinski definition) is 7. The summed E-state index contributed by atoms with van der Waals surface area (Å²) >= 11 is 0. The highest BCUT2D eigenvalue weighted by atomic mass is 32.2. The molecule has 1 atom stereocenters. The second-order valence-electron chi connectivity index (χ2n) is 9.42. The number of fused-ring (bicyclic) bond motifs is 1. The van der Waals surface area contributed by atoms with Crippen LogP contribution in [-0.4, -0.2) is 75.1 Å². The summed E-state index contributed by atoms with van der Waals surface area (Å²) in [6.07, 6.45) is 1.08. The maximum atomic E-state index is 13.5. The van der Waals surface area contributed by atoms with Crippen molar-refractivity contribution >= 4 is 33.3 Å². The molecule has 0 N–H and O–H groups in total. The van der Waals surface area contributed by atoms with E-state index < -0.39 is 22.0 Å². The number of anilines is 3. The largest absolute Gasteiger partial charge is 0.368 e. The van der Waals surface area contributed by atoms with E-state index in [4.69, 9.17) is 4.52 Å². The minimum absolute atomic E-state index is 0.150. The molecule has 3 aliphatic rings. The predicted molar refractivity (Wildman–Crippen MR) is 132 cm³/mol. The number of hydrogen-bond donors (Lipinski definition) is 0. The summed E-state index contributed by atoms with van der Waals surface area (Å²) in [7, 11) is -2.57. The molecule has 2 aliphatic heterocycles. The van der Waals surface area contributed by atoms with Gasteiger partial charge in [0.25, 0.3) is 11.8 Å². The van der Waals surface area contributed by atoms with E-state index in [1.54, 1.807) is 23.1 Å². The third-order valence-corrected chi connectivity index (χ3v) is 8.91. The van der Waals surface area contributed by atoms with Gasteiger partial charge in [-0.15, -0.1) is 0 Å². The van der Waals surface area contributed by atoms with Gasteiger partial charge in [0.1, 0.15) is 6.26 Å². The molecule has 1 aromatic carbocycles.